The lowest BCUT2D eigenvalue weighted by Gasteiger charge is -2.37. The van der Waals surface area contributed by atoms with Crippen LogP contribution in [0.5, 0.6) is 0 Å². The summed E-state index contributed by atoms with van der Waals surface area (Å²) < 4.78 is 0. The van der Waals surface area contributed by atoms with E-state index in [0.29, 0.717) is 39.4 Å². The lowest BCUT2D eigenvalue weighted by molar-refractivity contribution is -0.121. The molecule has 3 aromatic carbocycles. The Labute approximate surface area is 218 Å². The summed E-state index contributed by atoms with van der Waals surface area (Å²) in [6.07, 6.45) is 0. The normalized spacial score (nSPS) is 16.5. The second-order valence-corrected chi connectivity index (χ2v) is 10.3. The molecule has 3 aromatic rings. The number of thioether (sulfide) groups is 1. The third-order valence-electron chi connectivity index (χ3n) is 6.14. The molecule has 1 fully saturated rings. The number of aryl methyl sites for hydroxylation is 1. The highest BCUT2D eigenvalue weighted by Crippen LogP contribution is 2.40. The summed E-state index contributed by atoms with van der Waals surface area (Å²) in [5.74, 6) is -0.685. The molecule has 1 saturated heterocycles. The van der Waals surface area contributed by atoms with Crippen molar-refractivity contribution < 1.29 is 9.59 Å². The van der Waals surface area contributed by atoms with Gasteiger partial charge in [-0.3, -0.25) is 9.59 Å². The van der Waals surface area contributed by atoms with Crippen LogP contribution in [0.4, 0.5) is 11.4 Å². The Kier molecular flexibility index (Phi) is 6.78. The number of hydrogen-bond donors (Lipinski definition) is 0. The molecule has 0 radical (unpaired) electrons. The first kappa shape index (κ1) is 23.8. The number of carbonyl (C=O) groups is 2. The standard InChI is InChI=1S/C27H23Cl2N3O2S/c1-18-7-10-21(11-8-18)35-25-24(31-15-13-30(14-16-31)19-5-3-2-4-6-19)26(33)32(27(25)34)20-9-12-22(28)23(29)17-20/h2-12,17H,13-16H2,1H3. The predicted molar refractivity (Wildman–Crippen MR) is 143 cm³/mol. The number of benzene rings is 3. The van der Waals surface area contributed by atoms with E-state index in [9.17, 15) is 9.59 Å². The number of halogens is 2. The zero-order valence-corrected chi connectivity index (χ0v) is 21.4. The molecule has 5 rings (SSSR count). The van der Waals surface area contributed by atoms with Gasteiger partial charge in [-0.05, 0) is 49.4 Å². The molecule has 0 spiro atoms. The summed E-state index contributed by atoms with van der Waals surface area (Å²) in [4.78, 5) is 34.2. The van der Waals surface area contributed by atoms with Crippen molar-refractivity contribution in [3.05, 3.63) is 99.0 Å². The zero-order valence-electron chi connectivity index (χ0n) is 19.1. The SMILES string of the molecule is Cc1ccc(SC2=C(N3CCN(c4ccccc4)CC3)C(=O)N(c3ccc(Cl)c(Cl)c3)C2=O)cc1. The van der Waals surface area contributed by atoms with E-state index in [1.807, 2.05) is 54.3 Å². The van der Waals surface area contributed by atoms with Crippen molar-refractivity contribution in [3.63, 3.8) is 0 Å². The third-order valence-corrected chi connectivity index (χ3v) is 7.96. The molecule has 8 heteroatoms. The Hall–Kier alpha value is -2.93. The first-order chi connectivity index (χ1) is 16.9. The minimum atomic E-state index is -0.348. The van der Waals surface area contributed by atoms with E-state index in [-0.39, 0.29) is 11.8 Å². The molecule has 0 aliphatic carbocycles. The van der Waals surface area contributed by atoms with Gasteiger partial charge in [0, 0.05) is 36.8 Å². The van der Waals surface area contributed by atoms with Crippen molar-refractivity contribution in [2.45, 2.75) is 11.8 Å². The van der Waals surface area contributed by atoms with Crippen LogP contribution in [-0.4, -0.2) is 42.9 Å². The van der Waals surface area contributed by atoms with Crippen LogP contribution in [0.25, 0.3) is 0 Å². The molecule has 0 unspecified atom stereocenters. The molecule has 35 heavy (non-hydrogen) atoms. The lowest BCUT2D eigenvalue weighted by atomic mass is 10.2. The fourth-order valence-corrected chi connectivity index (χ4v) is 5.57. The fraction of sp³-hybridized carbons (Fsp3) is 0.185. The molecule has 0 atom stereocenters. The smallest absolute Gasteiger partial charge is 0.283 e. The minimum absolute atomic E-state index is 0.294. The molecular formula is C27H23Cl2N3O2S. The van der Waals surface area contributed by atoms with Crippen LogP contribution in [0.2, 0.25) is 10.0 Å². The summed E-state index contributed by atoms with van der Waals surface area (Å²) in [6, 6.07) is 23.0. The molecule has 2 aliphatic rings. The monoisotopic (exact) mass is 523 g/mol. The first-order valence-corrected chi connectivity index (χ1v) is 12.9. The number of para-hydroxylation sites is 1. The first-order valence-electron chi connectivity index (χ1n) is 11.3. The van der Waals surface area contributed by atoms with Crippen LogP contribution in [-0.2, 0) is 9.59 Å². The van der Waals surface area contributed by atoms with Gasteiger partial charge in [0.15, 0.2) is 0 Å². The average Bonchev–Trinajstić information content (AvgIpc) is 3.12. The molecule has 2 heterocycles. The van der Waals surface area contributed by atoms with Gasteiger partial charge < -0.3 is 9.80 Å². The number of carbonyl (C=O) groups excluding carboxylic acids is 2. The van der Waals surface area contributed by atoms with Crippen molar-refractivity contribution in [2.24, 2.45) is 0 Å². The molecule has 0 bridgehead atoms. The number of nitrogens with zero attached hydrogens (tertiary/aromatic N) is 3. The average molecular weight is 524 g/mol. The number of anilines is 2. The van der Waals surface area contributed by atoms with E-state index in [2.05, 4.69) is 17.0 Å². The van der Waals surface area contributed by atoms with E-state index in [0.717, 1.165) is 29.2 Å². The van der Waals surface area contributed by atoms with Gasteiger partial charge in [-0.1, -0.05) is 70.9 Å². The van der Waals surface area contributed by atoms with E-state index in [1.165, 1.54) is 16.7 Å². The molecular weight excluding hydrogens is 501 g/mol. The summed E-state index contributed by atoms with van der Waals surface area (Å²) >= 11 is 13.6. The maximum Gasteiger partial charge on any atom is 0.283 e. The van der Waals surface area contributed by atoms with E-state index in [4.69, 9.17) is 23.2 Å². The summed E-state index contributed by atoms with van der Waals surface area (Å²) in [5.41, 5.74) is 3.14. The van der Waals surface area contributed by atoms with Gasteiger partial charge in [-0.15, -0.1) is 0 Å². The van der Waals surface area contributed by atoms with Crippen LogP contribution in [0.1, 0.15) is 5.56 Å². The van der Waals surface area contributed by atoms with Crippen molar-refractivity contribution in [1.82, 2.24) is 4.90 Å². The molecule has 2 amide bonds. The van der Waals surface area contributed by atoms with E-state index >= 15 is 0 Å². The number of hydrogen-bond acceptors (Lipinski definition) is 5. The highest BCUT2D eigenvalue weighted by atomic mass is 35.5. The second-order valence-electron chi connectivity index (χ2n) is 8.45. The summed E-state index contributed by atoms with van der Waals surface area (Å²) in [5, 5.41) is 0.663. The molecule has 0 aromatic heterocycles. The van der Waals surface area contributed by atoms with Crippen LogP contribution in [0.3, 0.4) is 0 Å². The molecule has 2 aliphatic heterocycles. The second kappa shape index (κ2) is 9.97. The summed E-state index contributed by atoms with van der Waals surface area (Å²) in [7, 11) is 0. The Morgan fingerprint density at radius 1 is 0.714 bits per heavy atom. The topological polar surface area (TPSA) is 43.9 Å². The highest BCUT2D eigenvalue weighted by Gasteiger charge is 2.43. The van der Waals surface area contributed by atoms with Crippen molar-refractivity contribution >= 4 is 58.2 Å². The Morgan fingerprint density at radius 2 is 1.37 bits per heavy atom. The largest absolute Gasteiger partial charge is 0.368 e. The van der Waals surface area contributed by atoms with Gasteiger partial charge in [-0.2, -0.15) is 0 Å². The van der Waals surface area contributed by atoms with Gasteiger partial charge >= 0.3 is 0 Å². The van der Waals surface area contributed by atoms with Gasteiger partial charge in [0.25, 0.3) is 11.8 Å². The van der Waals surface area contributed by atoms with Crippen molar-refractivity contribution in [1.29, 1.82) is 0 Å². The fourth-order valence-electron chi connectivity index (χ4n) is 4.28. The number of amides is 2. The van der Waals surface area contributed by atoms with E-state index in [1.54, 1.807) is 18.2 Å². The van der Waals surface area contributed by atoms with Crippen molar-refractivity contribution in [3.8, 4) is 0 Å². The summed E-state index contributed by atoms with van der Waals surface area (Å²) in [6.45, 7) is 4.79. The quantitative estimate of drug-likeness (QED) is 0.383. The number of rotatable bonds is 5. The Bertz CT molecular complexity index is 1300. The van der Waals surface area contributed by atoms with Crippen molar-refractivity contribution in [2.75, 3.05) is 36.0 Å². The van der Waals surface area contributed by atoms with Gasteiger partial charge in [-0.25, -0.2) is 4.90 Å². The Morgan fingerprint density at radius 3 is 2.03 bits per heavy atom. The zero-order chi connectivity index (χ0) is 24.5. The van der Waals surface area contributed by atoms with Gasteiger partial charge in [0.2, 0.25) is 0 Å². The molecule has 0 saturated carbocycles. The van der Waals surface area contributed by atoms with Gasteiger partial charge in [0.05, 0.1) is 15.7 Å². The highest BCUT2D eigenvalue weighted by molar-refractivity contribution is 8.04. The molecule has 178 valence electrons. The van der Waals surface area contributed by atoms with Crippen LogP contribution >= 0.6 is 35.0 Å². The number of piperazine rings is 1. The minimum Gasteiger partial charge on any atom is -0.368 e. The van der Waals surface area contributed by atoms with Gasteiger partial charge in [0.1, 0.15) is 10.6 Å². The predicted octanol–water partition coefficient (Wildman–Crippen LogP) is 6.00. The lowest BCUT2D eigenvalue weighted by Crippen LogP contribution is -2.47. The van der Waals surface area contributed by atoms with Crippen LogP contribution in [0.15, 0.2) is 88.3 Å². The maximum atomic E-state index is 13.7. The Balaban J connectivity index is 1.47. The van der Waals surface area contributed by atoms with E-state index < -0.39 is 0 Å². The van der Waals surface area contributed by atoms with Crippen LogP contribution < -0.4 is 9.80 Å². The number of imide groups is 1. The maximum absolute atomic E-state index is 13.7. The molecule has 0 N–H and O–H groups in total. The molecule has 5 nitrogen and oxygen atoms in total. The van der Waals surface area contributed by atoms with Crippen LogP contribution in [0, 0.1) is 6.92 Å². The third kappa shape index (κ3) is 4.79.